The fraction of sp³-hybridized carbons (Fsp3) is 0.615. The van der Waals surface area contributed by atoms with Crippen LogP contribution in [0.4, 0.5) is 0 Å². The van der Waals surface area contributed by atoms with Crippen LogP contribution in [-0.4, -0.2) is 37.0 Å². The van der Waals surface area contributed by atoms with Crippen LogP contribution in [0.25, 0.3) is 0 Å². The van der Waals surface area contributed by atoms with Crippen LogP contribution in [0.2, 0.25) is 4.34 Å². The Balaban J connectivity index is 1.97. The Kier molecular flexibility index (Phi) is 5.03. The first-order valence-electron chi connectivity index (χ1n) is 6.46. The molecule has 1 fully saturated rings. The molecule has 0 atom stereocenters. The average Bonchev–Trinajstić information content (AvgIpc) is 2.83. The number of thiophene rings is 1. The Morgan fingerprint density at radius 2 is 2.22 bits per heavy atom. The largest absolute Gasteiger partial charge is 0.338 e. The highest BCUT2D eigenvalue weighted by Crippen LogP contribution is 2.23. The van der Waals surface area contributed by atoms with Crippen molar-refractivity contribution in [2.45, 2.75) is 19.8 Å². The molecule has 1 N–H and O–H groups in total. The van der Waals surface area contributed by atoms with Crippen molar-refractivity contribution in [2.75, 3.05) is 26.2 Å². The molecule has 2 heterocycles. The summed E-state index contributed by atoms with van der Waals surface area (Å²) in [6, 6.07) is 3.61. The van der Waals surface area contributed by atoms with Gasteiger partial charge in [0.1, 0.15) is 0 Å². The molecule has 0 saturated carbocycles. The van der Waals surface area contributed by atoms with E-state index < -0.39 is 0 Å². The average molecular weight is 287 g/mol. The van der Waals surface area contributed by atoms with Crippen molar-refractivity contribution in [2.24, 2.45) is 5.92 Å². The van der Waals surface area contributed by atoms with Crippen molar-refractivity contribution in [3.8, 4) is 0 Å². The first kappa shape index (κ1) is 13.8. The van der Waals surface area contributed by atoms with E-state index in [0.29, 0.717) is 10.3 Å². The summed E-state index contributed by atoms with van der Waals surface area (Å²) in [6.45, 7) is 5.81. The standard InChI is InChI=1S/C13H19ClN2OS/c1-2-16(9-10-5-7-15-8-6-10)13(17)11-3-4-12(14)18-11/h3-4,10,15H,2,5-9H2,1H3. The van der Waals surface area contributed by atoms with Crippen molar-refractivity contribution in [3.63, 3.8) is 0 Å². The maximum atomic E-state index is 12.3. The van der Waals surface area contributed by atoms with E-state index in [0.717, 1.165) is 43.9 Å². The van der Waals surface area contributed by atoms with Crippen molar-refractivity contribution < 1.29 is 4.79 Å². The van der Waals surface area contributed by atoms with Gasteiger partial charge >= 0.3 is 0 Å². The van der Waals surface area contributed by atoms with Crippen molar-refractivity contribution in [3.05, 3.63) is 21.3 Å². The number of halogens is 1. The molecule has 1 aliphatic rings. The fourth-order valence-corrected chi connectivity index (χ4v) is 3.33. The molecule has 100 valence electrons. The monoisotopic (exact) mass is 286 g/mol. The molecule has 0 bridgehead atoms. The van der Waals surface area contributed by atoms with Gasteiger partial charge in [-0.2, -0.15) is 0 Å². The zero-order valence-electron chi connectivity index (χ0n) is 10.6. The van der Waals surface area contributed by atoms with Crippen LogP contribution < -0.4 is 5.32 Å². The number of rotatable bonds is 4. The van der Waals surface area contributed by atoms with Gasteiger partial charge in [0, 0.05) is 13.1 Å². The Morgan fingerprint density at radius 1 is 1.50 bits per heavy atom. The van der Waals surface area contributed by atoms with Crippen molar-refractivity contribution in [1.29, 1.82) is 0 Å². The first-order chi connectivity index (χ1) is 8.70. The topological polar surface area (TPSA) is 32.3 Å². The van der Waals surface area contributed by atoms with E-state index in [9.17, 15) is 4.79 Å². The highest BCUT2D eigenvalue weighted by atomic mass is 35.5. The molecule has 0 spiro atoms. The third kappa shape index (κ3) is 3.46. The third-order valence-electron chi connectivity index (χ3n) is 3.39. The highest BCUT2D eigenvalue weighted by molar-refractivity contribution is 7.17. The van der Waals surface area contributed by atoms with Crippen molar-refractivity contribution in [1.82, 2.24) is 10.2 Å². The number of piperidine rings is 1. The summed E-state index contributed by atoms with van der Waals surface area (Å²) in [5, 5.41) is 3.35. The van der Waals surface area contributed by atoms with Gasteiger partial charge in [0.2, 0.25) is 0 Å². The van der Waals surface area contributed by atoms with E-state index in [1.54, 1.807) is 6.07 Å². The molecule has 1 amide bonds. The quantitative estimate of drug-likeness (QED) is 0.923. The Labute approximate surface area is 117 Å². The molecule has 0 radical (unpaired) electrons. The highest BCUT2D eigenvalue weighted by Gasteiger charge is 2.21. The van der Waals surface area contributed by atoms with Crippen LogP contribution in [0.1, 0.15) is 29.4 Å². The second-order valence-electron chi connectivity index (χ2n) is 4.64. The summed E-state index contributed by atoms with van der Waals surface area (Å²) >= 11 is 7.25. The van der Waals surface area contributed by atoms with Gasteiger partial charge in [-0.05, 0) is 50.9 Å². The molecule has 18 heavy (non-hydrogen) atoms. The van der Waals surface area contributed by atoms with Gasteiger partial charge in [0.15, 0.2) is 0 Å². The normalized spacial score (nSPS) is 16.8. The molecule has 2 rings (SSSR count). The van der Waals surface area contributed by atoms with Crippen LogP contribution in [0.5, 0.6) is 0 Å². The second kappa shape index (κ2) is 6.55. The number of nitrogens with one attached hydrogen (secondary N) is 1. The predicted octanol–water partition coefficient (Wildman–Crippen LogP) is 2.86. The minimum Gasteiger partial charge on any atom is -0.338 e. The van der Waals surface area contributed by atoms with Crippen LogP contribution >= 0.6 is 22.9 Å². The number of carbonyl (C=O) groups excluding carboxylic acids is 1. The van der Waals surface area contributed by atoms with Gasteiger partial charge in [-0.1, -0.05) is 11.6 Å². The molecule has 3 nitrogen and oxygen atoms in total. The predicted molar refractivity (Wildman–Crippen MR) is 76.5 cm³/mol. The zero-order valence-corrected chi connectivity index (χ0v) is 12.2. The smallest absolute Gasteiger partial charge is 0.263 e. The summed E-state index contributed by atoms with van der Waals surface area (Å²) in [4.78, 5) is 15.0. The number of hydrogen-bond acceptors (Lipinski definition) is 3. The number of hydrogen-bond donors (Lipinski definition) is 1. The van der Waals surface area contributed by atoms with E-state index in [-0.39, 0.29) is 5.91 Å². The molecular weight excluding hydrogens is 268 g/mol. The molecular formula is C13H19ClN2OS. The molecule has 0 aliphatic carbocycles. The Bertz CT molecular complexity index is 401. The molecule has 5 heteroatoms. The van der Waals surface area contributed by atoms with E-state index in [4.69, 9.17) is 11.6 Å². The lowest BCUT2D eigenvalue weighted by molar-refractivity contribution is 0.0731. The SMILES string of the molecule is CCN(CC1CCNCC1)C(=O)c1ccc(Cl)s1. The molecule has 0 unspecified atom stereocenters. The molecule has 1 aliphatic heterocycles. The second-order valence-corrected chi connectivity index (χ2v) is 6.36. The van der Waals surface area contributed by atoms with Crippen LogP contribution in [-0.2, 0) is 0 Å². The van der Waals surface area contributed by atoms with Gasteiger partial charge in [0.05, 0.1) is 9.21 Å². The van der Waals surface area contributed by atoms with Crippen LogP contribution in [0.3, 0.4) is 0 Å². The van der Waals surface area contributed by atoms with Gasteiger partial charge in [0.25, 0.3) is 5.91 Å². The van der Waals surface area contributed by atoms with Crippen molar-refractivity contribution >= 4 is 28.8 Å². The first-order valence-corrected chi connectivity index (χ1v) is 7.65. The van der Waals surface area contributed by atoms with Gasteiger partial charge in [-0.3, -0.25) is 4.79 Å². The lowest BCUT2D eigenvalue weighted by Crippen LogP contribution is -2.39. The third-order valence-corrected chi connectivity index (χ3v) is 4.61. The number of carbonyl (C=O) groups is 1. The van der Waals surface area contributed by atoms with Gasteiger partial charge < -0.3 is 10.2 Å². The Hall–Kier alpha value is -0.580. The molecule has 0 aromatic carbocycles. The van der Waals surface area contributed by atoms with E-state index in [2.05, 4.69) is 5.32 Å². The molecule has 1 saturated heterocycles. The minimum absolute atomic E-state index is 0.118. The molecule has 1 aromatic heterocycles. The zero-order chi connectivity index (χ0) is 13.0. The van der Waals surface area contributed by atoms with Crippen LogP contribution in [0.15, 0.2) is 12.1 Å². The lowest BCUT2D eigenvalue weighted by Gasteiger charge is -2.29. The van der Waals surface area contributed by atoms with E-state index in [1.807, 2.05) is 17.9 Å². The summed E-state index contributed by atoms with van der Waals surface area (Å²) in [5.41, 5.74) is 0. The van der Waals surface area contributed by atoms with E-state index >= 15 is 0 Å². The number of amides is 1. The fourth-order valence-electron chi connectivity index (χ4n) is 2.32. The summed E-state index contributed by atoms with van der Waals surface area (Å²) in [6.07, 6.45) is 2.32. The van der Waals surface area contributed by atoms with Gasteiger partial charge in [-0.15, -0.1) is 11.3 Å². The van der Waals surface area contributed by atoms with Crippen LogP contribution in [0, 0.1) is 5.92 Å². The minimum atomic E-state index is 0.118. The Morgan fingerprint density at radius 3 is 2.78 bits per heavy atom. The number of nitrogens with zero attached hydrogens (tertiary/aromatic N) is 1. The summed E-state index contributed by atoms with van der Waals surface area (Å²) in [5.74, 6) is 0.749. The molecule has 1 aromatic rings. The lowest BCUT2D eigenvalue weighted by atomic mass is 9.97. The maximum Gasteiger partial charge on any atom is 0.263 e. The van der Waals surface area contributed by atoms with E-state index in [1.165, 1.54) is 11.3 Å². The maximum absolute atomic E-state index is 12.3. The summed E-state index contributed by atoms with van der Waals surface area (Å²) in [7, 11) is 0. The summed E-state index contributed by atoms with van der Waals surface area (Å²) < 4.78 is 0.677. The van der Waals surface area contributed by atoms with Gasteiger partial charge in [-0.25, -0.2) is 0 Å².